The zero-order valence-corrected chi connectivity index (χ0v) is 12.6. The molecule has 4 nitrogen and oxygen atoms in total. The molecule has 4 rings (SSSR count). The highest BCUT2D eigenvalue weighted by atomic mass is 32.1. The predicted molar refractivity (Wildman–Crippen MR) is 84.3 cm³/mol. The predicted octanol–water partition coefficient (Wildman–Crippen LogP) is 2.78. The first kappa shape index (κ1) is 12.2. The van der Waals surface area contributed by atoms with Crippen molar-refractivity contribution in [2.24, 2.45) is 0 Å². The maximum atomic E-state index is 12.1. The van der Waals surface area contributed by atoms with Gasteiger partial charge in [0.15, 0.2) is 5.11 Å². The van der Waals surface area contributed by atoms with E-state index in [9.17, 15) is 4.79 Å². The average Bonchev–Trinajstić information content (AvgIpc) is 3.13. The fraction of sp³-hybridized carbons (Fsp3) is 0.357. The molecule has 1 aliphatic heterocycles. The molecule has 1 aromatic heterocycles. The molecular weight excluding hydrogens is 290 g/mol. The second-order valence-corrected chi connectivity index (χ2v) is 6.77. The minimum atomic E-state index is -0.248. The van der Waals surface area contributed by atoms with E-state index >= 15 is 0 Å². The van der Waals surface area contributed by atoms with Crippen LogP contribution in [-0.2, 0) is 4.79 Å². The second kappa shape index (κ2) is 4.23. The topological polar surface area (TPSA) is 45.2 Å². The smallest absolute Gasteiger partial charge is 0.255 e. The number of thiocarbonyl (C=S) groups is 1. The lowest BCUT2D eigenvalue weighted by Gasteiger charge is -2.14. The van der Waals surface area contributed by atoms with Crippen molar-refractivity contribution in [3.63, 3.8) is 0 Å². The van der Waals surface area contributed by atoms with Crippen molar-refractivity contribution in [1.29, 1.82) is 0 Å². The molecule has 102 valence electrons. The van der Waals surface area contributed by atoms with Crippen LogP contribution in [0.3, 0.4) is 0 Å². The molecule has 2 heterocycles. The van der Waals surface area contributed by atoms with Crippen molar-refractivity contribution < 1.29 is 4.79 Å². The minimum absolute atomic E-state index is 0.00119. The van der Waals surface area contributed by atoms with Gasteiger partial charge in [0.25, 0.3) is 5.91 Å². The zero-order chi connectivity index (χ0) is 13.9. The molecule has 0 radical (unpaired) electrons. The van der Waals surface area contributed by atoms with Crippen molar-refractivity contribution in [3.8, 4) is 0 Å². The summed E-state index contributed by atoms with van der Waals surface area (Å²) >= 11 is 6.97. The van der Waals surface area contributed by atoms with E-state index in [1.807, 2.05) is 25.1 Å². The zero-order valence-electron chi connectivity index (χ0n) is 10.9. The van der Waals surface area contributed by atoms with E-state index in [2.05, 4.69) is 10.3 Å². The van der Waals surface area contributed by atoms with Crippen LogP contribution >= 0.6 is 23.6 Å². The van der Waals surface area contributed by atoms with Crippen LogP contribution in [0.5, 0.6) is 0 Å². The monoisotopic (exact) mass is 303 g/mol. The molecular formula is C14H13N3OS2. The van der Waals surface area contributed by atoms with E-state index in [4.69, 9.17) is 12.2 Å². The van der Waals surface area contributed by atoms with E-state index in [-0.39, 0.29) is 11.9 Å². The first-order valence-corrected chi connectivity index (χ1v) is 7.91. The summed E-state index contributed by atoms with van der Waals surface area (Å²) in [7, 11) is 0. The van der Waals surface area contributed by atoms with Crippen molar-refractivity contribution in [3.05, 3.63) is 23.2 Å². The van der Waals surface area contributed by atoms with Gasteiger partial charge in [-0.2, -0.15) is 0 Å². The molecule has 1 saturated heterocycles. The molecule has 2 fully saturated rings. The van der Waals surface area contributed by atoms with Gasteiger partial charge in [0.1, 0.15) is 6.04 Å². The Morgan fingerprint density at radius 1 is 1.45 bits per heavy atom. The summed E-state index contributed by atoms with van der Waals surface area (Å²) < 4.78 is 1.12. The second-order valence-electron chi connectivity index (χ2n) is 5.32. The van der Waals surface area contributed by atoms with E-state index in [1.54, 1.807) is 16.2 Å². The van der Waals surface area contributed by atoms with Gasteiger partial charge >= 0.3 is 0 Å². The molecule has 1 saturated carbocycles. The number of thiazole rings is 1. The summed E-state index contributed by atoms with van der Waals surface area (Å²) in [4.78, 5) is 18.4. The molecule has 20 heavy (non-hydrogen) atoms. The molecule has 0 spiro atoms. The number of aromatic nitrogens is 1. The molecule has 6 heteroatoms. The Balaban J connectivity index is 1.76. The van der Waals surface area contributed by atoms with Gasteiger partial charge in [-0.15, -0.1) is 11.3 Å². The van der Waals surface area contributed by atoms with Crippen LogP contribution in [0.1, 0.15) is 30.7 Å². The first-order valence-electron chi connectivity index (χ1n) is 6.68. The quantitative estimate of drug-likeness (QED) is 0.867. The number of fused-ring (bicyclic) bond motifs is 1. The average molecular weight is 303 g/mol. The van der Waals surface area contributed by atoms with E-state index in [0.29, 0.717) is 11.0 Å². The first-order chi connectivity index (χ1) is 9.63. The van der Waals surface area contributed by atoms with E-state index in [1.165, 1.54) is 17.8 Å². The number of nitrogens with zero attached hydrogens (tertiary/aromatic N) is 2. The van der Waals surface area contributed by atoms with Crippen LogP contribution in [-0.4, -0.2) is 22.0 Å². The Morgan fingerprint density at radius 3 is 2.90 bits per heavy atom. The molecule has 0 bridgehead atoms. The van der Waals surface area contributed by atoms with Gasteiger partial charge in [0, 0.05) is 5.92 Å². The third-order valence-corrected chi connectivity index (χ3v) is 5.19. The Bertz CT molecular complexity index is 735. The largest absolute Gasteiger partial charge is 0.350 e. The molecule has 2 aromatic rings. The lowest BCUT2D eigenvalue weighted by molar-refractivity contribution is -0.117. The standard InChI is InChI=1S/C14H13N3OS2/c1-7-13(18)17(14(19)15-7)9-4-5-10-11(6-9)20-12(16-10)8-2-3-8/h4-8H,2-3H2,1H3,(H,15,19)/t7-/m0/s1. The molecule has 0 unspecified atom stereocenters. The highest BCUT2D eigenvalue weighted by Gasteiger charge is 2.33. The van der Waals surface area contributed by atoms with Crippen molar-refractivity contribution in [1.82, 2.24) is 10.3 Å². The number of nitrogens with one attached hydrogen (secondary N) is 1. The summed E-state index contributed by atoms with van der Waals surface area (Å²) in [6.07, 6.45) is 2.51. The van der Waals surface area contributed by atoms with Crippen LogP contribution in [0.15, 0.2) is 18.2 Å². The Hall–Kier alpha value is -1.53. The van der Waals surface area contributed by atoms with Gasteiger partial charge in [-0.25, -0.2) is 4.98 Å². The summed E-state index contributed by atoms with van der Waals surface area (Å²) in [6.45, 7) is 1.82. The summed E-state index contributed by atoms with van der Waals surface area (Å²) in [6, 6.07) is 5.67. The van der Waals surface area contributed by atoms with Crippen LogP contribution in [0.2, 0.25) is 0 Å². The summed E-state index contributed by atoms with van der Waals surface area (Å²) in [5, 5.41) is 4.69. The number of carbonyl (C=O) groups is 1. The lowest BCUT2D eigenvalue weighted by Crippen LogP contribution is -2.30. The third-order valence-electron chi connectivity index (χ3n) is 3.71. The SMILES string of the molecule is C[C@@H]1NC(=S)N(c2ccc3nc(C4CC4)sc3c2)C1=O. The van der Waals surface area contributed by atoms with Crippen molar-refractivity contribution >= 4 is 50.5 Å². The highest BCUT2D eigenvalue weighted by molar-refractivity contribution is 7.80. The molecule has 1 aliphatic carbocycles. The molecule has 1 atom stereocenters. The van der Waals surface area contributed by atoms with Gasteiger partial charge in [-0.3, -0.25) is 9.69 Å². The fourth-order valence-electron chi connectivity index (χ4n) is 2.42. The minimum Gasteiger partial charge on any atom is -0.350 e. The van der Waals surface area contributed by atoms with Crippen LogP contribution in [0, 0.1) is 0 Å². The van der Waals surface area contributed by atoms with E-state index in [0.717, 1.165) is 15.9 Å². The molecule has 1 aromatic carbocycles. The number of carbonyl (C=O) groups excluding carboxylic acids is 1. The van der Waals surface area contributed by atoms with Crippen LogP contribution in [0.25, 0.3) is 10.2 Å². The number of rotatable bonds is 2. The number of anilines is 1. The lowest BCUT2D eigenvalue weighted by atomic mass is 10.2. The van der Waals surface area contributed by atoms with Gasteiger partial charge in [0.2, 0.25) is 0 Å². The Kier molecular flexibility index (Phi) is 2.59. The van der Waals surface area contributed by atoms with E-state index < -0.39 is 0 Å². The normalized spacial score (nSPS) is 22.6. The maximum Gasteiger partial charge on any atom is 0.255 e. The highest BCUT2D eigenvalue weighted by Crippen LogP contribution is 2.43. The molecule has 1 amide bonds. The van der Waals surface area contributed by atoms with Gasteiger partial charge < -0.3 is 5.32 Å². The fourth-order valence-corrected chi connectivity index (χ4v) is 3.97. The van der Waals surface area contributed by atoms with Crippen molar-refractivity contribution in [2.45, 2.75) is 31.7 Å². The van der Waals surface area contributed by atoms with Gasteiger partial charge in [-0.05, 0) is 50.2 Å². The Morgan fingerprint density at radius 2 is 2.25 bits per heavy atom. The number of benzene rings is 1. The molecule has 2 aliphatic rings. The number of hydrogen-bond donors (Lipinski definition) is 1. The molecule has 1 N–H and O–H groups in total. The number of hydrogen-bond acceptors (Lipinski definition) is 4. The summed E-state index contributed by atoms with van der Waals surface area (Å²) in [5.41, 5.74) is 1.84. The van der Waals surface area contributed by atoms with Gasteiger partial charge in [-0.1, -0.05) is 0 Å². The van der Waals surface area contributed by atoms with Crippen molar-refractivity contribution in [2.75, 3.05) is 4.90 Å². The van der Waals surface area contributed by atoms with Crippen LogP contribution < -0.4 is 10.2 Å². The third kappa shape index (κ3) is 1.83. The number of amides is 1. The Labute approximate surface area is 125 Å². The maximum absolute atomic E-state index is 12.1. The van der Waals surface area contributed by atoms with Gasteiger partial charge in [0.05, 0.1) is 20.9 Å². The summed E-state index contributed by atoms with van der Waals surface area (Å²) in [5.74, 6) is 0.660. The van der Waals surface area contributed by atoms with Crippen LogP contribution in [0.4, 0.5) is 5.69 Å².